The molecule has 0 aliphatic heterocycles. The predicted octanol–water partition coefficient (Wildman–Crippen LogP) is 2.10. The summed E-state index contributed by atoms with van der Waals surface area (Å²) in [6, 6.07) is 1.82. The molecule has 3 aromatic heterocycles. The zero-order valence-electron chi connectivity index (χ0n) is 10.5. The SMILES string of the molecule is Cn1cnc(I)c1-c1cc2c(S(C)(=O)=O)ncnc2s1. The summed E-state index contributed by atoms with van der Waals surface area (Å²) in [5.41, 5.74) is 0.952. The highest BCUT2D eigenvalue weighted by molar-refractivity contribution is 14.1. The number of thiophene rings is 1. The molecular formula is C11H9IN4O2S2. The van der Waals surface area contributed by atoms with E-state index in [1.54, 1.807) is 6.33 Å². The number of halogens is 1. The topological polar surface area (TPSA) is 77.7 Å². The van der Waals surface area contributed by atoms with Crippen molar-refractivity contribution in [3.05, 3.63) is 22.4 Å². The summed E-state index contributed by atoms with van der Waals surface area (Å²) in [4.78, 5) is 13.9. The van der Waals surface area contributed by atoms with Crippen molar-refractivity contribution in [3.63, 3.8) is 0 Å². The van der Waals surface area contributed by atoms with Gasteiger partial charge in [-0.2, -0.15) is 0 Å². The average molecular weight is 420 g/mol. The van der Waals surface area contributed by atoms with Gasteiger partial charge in [-0.3, -0.25) is 0 Å². The quantitative estimate of drug-likeness (QED) is 0.469. The van der Waals surface area contributed by atoms with Gasteiger partial charge in [0.1, 0.15) is 14.9 Å². The van der Waals surface area contributed by atoms with Crippen LogP contribution >= 0.6 is 33.9 Å². The Morgan fingerprint density at radius 1 is 1.30 bits per heavy atom. The van der Waals surface area contributed by atoms with E-state index in [9.17, 15) is 8.42 Å². The van der Waals surface area contributed by atoms with Gasteiger partial charge >= 0.3 is 0 Å². The first-order valence-electron chi connectivity index (χ1n) is 5.49. The molecule has 0 bridgehead atoms. The fraction of sp³-hybridized carbons (Fsp3) is 0.182. The molecule has 104 valence electrons. The normalized spacial score (nSPS) is 12.2. The fourth-order valence-corrected chi connectivity index (χ4v) is 4.85. The second-order valence-electron chi connectivity index (χ2n) is 4.28. The van der Waals surface area contributed by atoms with Gasteiger partial charge in [0, 0.05) is 18.7 Å². The molecule has 0 radical (unpaired) electrons. The summed E-state index contributed by atoms with van der Waals surface area (Å²) < 4.78 is 26.3. The van der Waals surface area contributed by atoms with Gasteiger partial charge in [-0.15, -0.1) is 11.3 Å². The highest BCUT2D eigenvalue weighted by Crippen LogP contribution is 2.35. The number of aromatic nitrogens is 4. The minimum absolute atomic E-state index is 0.0715. The summed E-state index contributed by atoms with van der Waals surface area (Å²) >= 11 is 3.59. The highest BCUT2D eigenvalue weighted by atomic mass is 127. The Labute approximate surface area is 133 Å². The van der Waals surface area contributed by atoms with Crippen LogP contribution in [0.15, 0.2) is 23.7 Å². The molecular weight excluding hydrogens is 411 g/mol. The standard InChI is InChI=1S/C11H9IN4O2S2/c1-16-5-15-9(12)8(16)7-3-6-10(19-7)13-4-14-11(6)20(2,17)18/h3-5H,1-2H3. The number of sulfone groups is 1. The van der Waals surface area contributed by atoms with Crippen LogP contribution in [-0.2, 0) is 16.9 Å². The molecule has 0 amide bonds. The number of rotatable bonds is 2. The lowest BCUT2D eigenvalue weighted by molar-refractivity contribution is 0.599. The predicted molar refractivity (Wildman–Crippen MR) is 85.4 cm³/mol. The number of fused-ring (bicyclic) bond motifs is 1. The van der Waals surface area contributed by atoms with Crippen molar-refractivity contribution in [3.8, 4) is 10.6 Å². The van der Waals surface area contributed by atoms with E-state index in [0.717, 1.165) is 20.5 Å². The van der Waals surface area contributed by atoms with Crippen LogP contribution in [0.2, 0.25) is 0 Å². The molecule has 0 aliphatic carbocycles. The van der Waals surface area contributed by atoms with Crippen molar-refractivity contribution in [2.75, 3.05) is 6.26 Å². The van der Waals surface area contributed by atoms with Crippen LogP contribution in [0.1, 0.15) is 0 Å². The summed E-state index contributed by atoms with van der Waals surface area (Å²) in [5.74, 6) is 0. The third-order valence-corrected chi connectivity index (χ3v) is 5.64. The van der Waals surface area contributed by atoms with Crippen LogP contribution in [0.5, 0.6) is 0 Å². The fourth-order valence-electron chi connectivity index (χ4n) is 1.92. The summed E-state index contributed by atoms with van der Waals surface area (Å²) in [6.45, 7) is 0. The molecule has 0 N–H and O–H groups in total. The van der Waals surface area contributed by atoms with E-state index in [-0.39, 0.29) is 5.03 Å². The summed E-state index contributed by atoms with van der Waals surface area (Å²) in [5, 5.41) is 0.633. The molecule has 0 unspecified atom stereocenters. The van der Waals surface area contributed by atoms with E-state index in [0.29, 0.717) is 10.2 Å². The maximum absolute atomic E-state index is 11.8. The van der Waals surface area contributed by atoms with Gasteiger partial charge in [-0.25, -0.2) is 23.4 Å². The monoisotopic (exact) mass is 420 g/mol. The molecule has 0 aliphatic rings. The molecule has 3 aromatic rings. The van der Waals surface area contributed by atoms with E-state index in [2.05, 4.69) is 37.5 Å². The van der Waals surface area contributed by atoms with Gasteiger partial charge in [-0.1, -0.05) is 0 Å². The third kappa shape index (κ3) is 2.23. The van der Waals surface area contributed by atoms with Crippen LogP contribution in [-0.4, -0.2) is 34.2 Å². The second kappa shape index (κ2) is 4.74. The number of imidazole rings is 1. The minimum atomic E-state index is -3.37. The van der Waals surface area contributed by atoms with E-state index in [4.69, 9.17) is 0 Å². The van der Waals surface area contributed by atoms with E-state index in [1.165, 1.54) is 17.7 Å². The Kier molecular flexibility index (Phi) is 3.29. The maximum atomic E-state index is 11.8. The Morgan fingerprint density at radius 2 is 2.05 bits per heavy atom. The molecule has 9 heteroatoms. The third-order valence-electron chi connectivity index (χ3n) is 2.77. The first-order valence-corrected chi connectivity index (χ1v) is 9.28. The lowest BCUT2D eigenvalue weighted by Gasteiger charge is -1.98. The molecule has 3 rings (SSSR count). The van der Waals surface area contributed by atoms with Gasteiger partial charge in [0.25, 0.3) is 0 Å². The van der Waals surface area contributed by atoms with E-state index in [1.807, 2.05) is 17.7 Å². The number of hydrogen-bond acceptors (Lipinski definition) is 6. The van der Waals surface area contributed by atoms with Gasteiger partial charge in [0.15, 0.2) is 14.9 Å². The van der Waals surface area contributed by atoms with Crippen molar-refractivity contribution < 1.29 is 8.42 Å². The van der Waals surface area contributed by atoms with Crippen molar-refractivity contribution in [1.82, 2.24) is 19.5 Å². The first kappa shape index (κ1) is 13.9. The van der Waals surface area contributed by atoms with Crippen molar-refractivity contribution in [1.29, 1.82) is 0 Å². The first-order chi connectivity index (χ1) is 9.38. The highest BCUT2D eigenvalue weighted by Gasteiger charge is 2.19. The van der Waals surface area contributed by atoms with Crippen molar-refractivity contribution >= 4 is 54.0 Å². The molecule has 6 nitrogen and oxygen atoms in total. The van der Waals surface area contributed by atoms with Crippen molar-refractivity contribution in [2.45, 2.75) is 5.03 Å². The minimum Gasteiger partial charge on any atom is -0.332 e. The van der Waals surface area contributed by atoms with Gasteiger partial charge in [0.2, 0.25) is 0 Å². The van der Waals surface area contributed by atoms with Crippen LogP contribution in [0.4, 0.5) is 0 Å². The number of aryl methyl sites for hydroxylation is 1. The lowest BCUT2D eigenvalue weighted by atomic mass is 10.3. The zero-order chi connectivity index (χ0) is 14.5. The zero-order valence-corrected chi connectivity index (χ0v) is 14.3. The van der Waals surface area contributed by atoms with Gasteiger partial charge in [0.05, 0.1) is 16.9 Å². The molecule has 0 atom stereocenters. The van der Waals surface area contributed by atoms with Crippen molar-refractivity contribution in [2.24, 2.45) is 7.05 Å². The molecule has 0 spiro atoms. The van der Waals surface area contributed by atoms with Crippen LogP contribution in [0.25, 0.3) is 20.8 Å². The van der Waals surface area contributed by atoms with E-state index >= 15 is 0 Å². The maximum Gasteiger partial charge on any atom is 0.193 e. The molecule has 0 saturated carbocycles. The Balaban J connectivity index is 2.32. The Bertz CT molecular complexity index is 894. The molecule has 0 fully saturated rings. The van der Waals surface area contributed by atoms with Crippen LogP contribution in [0.3, 0.4) is 0 Å². The summed E-state index contributed by atoms with van der Waals surface area (Å²) in [6.07, 6.45) is 4.16. The largest absolute Gasteiger partial charge is 0.332 e. The Morgan fingerprint density at radius 3 is 2.65 bits per heavy atom. The van der Waals surface area contributed by atoms with E-state index < -0.39 is 9.84 Å². The van der Waals surface area contributed by atoms with Crippen LogP contribution in [0, 0.1) is 3.70 Å². The number of hydrogen-bond donors (Lipinski definition) is 0. The molecule has 3 heterocycles. The van der Waals surface area contributed by atoms with Crippen LogP contribution < -0.4 is 0 Å². The summed E-state index contributed by atoms with van der Waals surface area (Å²) in [7, 11) is -1.47. The Hall–Kier alpha value is -1.07. The molecule has 0 aromatic carbocycles. The smallest absolute Gasteiger partial charge is 0.193 e. The average Bonchev–Trinajstić information content (AvgIpc) is 2.90. The molecule has 0 saturated heterocycles. The number of nitrogens with zero attached hydrogens (tertiary/aromatic N) is 4. The van der Waals surface area contributed by atoms with Gasteiger partial charge in [-0.05, 0) is 28.7 Å². The second-order valence-corrected chi connectivity index (χ2v) is 8.26. The molecule has 20 heavy (non-hydrogen) atoms. The van der Waals surface area contributed by atoms with Gasteiger partial charge < -0.3 is 4.57 Å². The lowest BCUT2D eigenvalue weighted by Crippen LogP contribution is -2.00.